The second kappa shape index (κ2) is 7.74. The Bertz CT molecular complexity index is 707. The molecule has 5 nitrogen and oxygen atoms in total. The first kappa shape index (κ1) is 17.5. The van der Waals surface area contributed by atoms with Gasteiger partial charge in [-0.05, 0) is 35.7 Å². The minimum Gasteiger partial charge on any atom is -0.353 e. The van der Waals surface area contributed by atoms with Gasteiger partial charge >= 0.3 is 6.03 Å². The van der Waals surface area contributed by atoms with E-state index in [0.29, 0.717) is 24.0 Å². The minimum absolute atomic E-state index is 0.0546. The molecular weight excluding hydrogens is 336 g/mol. The molecule has 25 heavy (non-hydrogen) atoms. The SMILES string of the molecule is CC(C)c1ccc(NC(=O)N2CCN(c3ccc(Cl)cn3)CC2)cc1. The molecular formula is C19H23ClN4O. The number of carbonyl (C=O) groups excluding carboxylic acids is 1. The standard InChI is InChI=1S/C19H23ClN4O/c1-14(2)15-3-6-17(7-4-15)22-19(25)24-11-9-23(10-12-24)18-8-5-16(20)13-21-18/h3-8,13-14H,9-12H2,1-2H3,(H,22,25). The molecule has 2 heterocycles. The highest BCUT2D eigenvalue weighted by molar-refractivity contribution is 6.30. The maximum atomic E-state index is 12.4. The number of hydrogen-bond donors (Lipinski definition) is 1. The third kappa shape index (κ3) is 4.42. The van der Waals surface area contributed by atoms with E-state index >= 15 is 0 Å². The zero-order valence-corrected chi connectivity index (χ0v) is 15.3. The number of carbonyl (C=O) groups is 1. The maximum absolute atomic E-state index is 12.4. The Kier molecular flexibility index (Phi) is 5.43. The summed E-state index contributed by atoms with van der Waals surface area (Å²) in [4.78, 5) is 20.8. The van der Waals surface area contributed by atoms with Gasteiger partial charge in [-0.2, -0.15) is 0 Å². The van der Waals surface area contributed by atoms with E-state index in [1.54, 1.807) is 6.20 Å². The van der Waals surface area contributed by atoms with Crippen LogP contribution < -0.4 is 10.2 Å². The predicted octanol–water partition coefficient (Wildman–Crippen LogP) is 4.21. The van der Waals surface area contributed by atoms with Crippen molar-refractivity contribution in [2.75, 3.05) is 36.4 Å². The summed E-state index contributed by atoms with van der Waals surface area (Å²) in [5.41, 5.74) is 2.10. The van der Waals surface area contributed by atoms with E-state index in [-0.39, 0.29) is 6.03 Å². The molecule has 0 saturated carbocycles. The number of nitrogens with one attached hydrogen (secondary N) is 1. The van der Waals surface area contributed by atoms with Crippen LogP contribution in [0.15, 0.2) is 42.6 Å². The molecule has 0 radical (unpaired) electrons. The first-order valence-electron chi connectivity index (χ1n) is 8.55. The molecule has 2 aromatic rings. The van der Waals surface area contributed by atoms with Gasteiger partial charge in [0.05, 0.1) is 5.02 Å². The van der Waals surface area contributed by atoms with Crippen molar-refractivity contribution in [1.82, 2.24) is 9.88 Å². The van der Waals surface area contributed by atoms with Crippen LogP contribution in [-0.2, 0) is 0 Å². The number of aromatic nitrogens is 1. The Labute approximate surface area is 153 Å². The van der Waals surface area contributed by atoms with Crippen molar-refractivity contribution in [3.8, 4) is 0 Å². The molecule has 0 unspecified atom stereocenters. The van der Waals surface area contributed by atoms with Crippen molar-refractivity contribution in [2.45, 2.75) is 19.8 Å². The fourth-order valence-corrected chi connectivity index (χ4v) is 2.96. The molecule has 0 atom stereocenters. The molecule has 1 N–H and O–H groups in total. The minimum atomic E-state index is -0.0546. The topological polar surface area (TPSA) is 48.5 Å². The average molecular weight is 359 g/mol. The summed E-state index contributed by atoms with van der Waals surface area (Å²) in [6.07, 6.45) is 1.65. The van der Waals surface area contributed by atoms with Gasteiger partial charge in [0, 0.05) is 38.1 Å². The number of hydrogen-bond acceptors (Lipinski definition) is 3. The summed E-state index contributed by atoms with van der Waals surface area (Å²) in [5.74, 6) is 1.38. The molecule has 0 aliphatic carbocycles. The summed E-state index contributed by atoms with van der Waals surface area (Å²) in [7, 11) is 0. The van der Waals surface area contributed by atoms with Crippen LogP contribution in [-0.4, -0.2) is 42.1 Å². The number of halogens is 1. The van der Waals surface area contributed by atoms with Gasteiger partial charge in [0.15, 0.2) is 0 Å². The van der Waals surface area contributed by atoms with Crippen molar-refractivity contribution in [3.63, 3.8) is 0 Å². The molecule has 1 aromatic heterocycles. The molecule has 1 aromatic carbocycles. The third-order valence-corrected chi connectivity index (χ3v) is 4.65. The fraction of sp³-hybridized carbons (Fsp3) is 0.368. The Balaban J connectivity index is 1.53. The average Bonchev–Trinajstić information content (AvgIpc) is 2.63. The zero-order valence-electron chi connectivity index (χ0n) is 14.6. The number of amides is 2. The van der Waals surface area contributed by atoms with E-state index in [1.165, 1.54) is 5.56 Å². The third-order valence-electron chi connectivity index (χ3n) is 4.43. The van der Waals surface area contributed by atoms with Crippen LogP contribution in [0.25, 0.3) is 0 Å². The van der Waals surface area contributed by atoms with Crippen molar-refractivity contribution >= 4 is 29.1 Å². The second-order valence-corrected chi connectivity index (χ2v) is 6.95. The molecule has 0 spiro atoms. The lowest BCUT2D eigenvalue weighted by Gasteiger charge is -2.35. The lowest BCUT2D eigenvalue weighted by atomic mass is 10.0. The molecule has 132 valence electrons. The fourth-order valence-electron chi connectivity index (χ4n) is 2.85. The van der Waals surface area contributed by atoms with Gasteiger partial charge < -0.3 is 15.1 Å². The number of rotatable bonds is 3. The molecule has 2 amide bonds. The highest BCUT2D eigenvalue weighted by Gasteiger charge is 2.21. The highest BCUT2D eigenvalue weighted by Crippen LogP contribution is 2.19. The predicted molar refractivity (Wildman–Crippen MR) is 103 cm³/mol. The second-order valence-electron chi connectivity index (χ2n) is 6.52. The van der Waals surface area contributed by atoms with Crippen LogP contribution >= 0.6 is 11.6 Å². The van der Waals surface area contributed by atoms with Gasteiger partial charge in [0.1, 0.15) is 5.82 Å². The van der Waals surface area contributed by atoms with E-state index in [0.717, 1.165) is 24.6 Å². The van der Waals surface area contributed by atoms with Crippen LogP contribution in [0, 0.1) is 0 Å². The zero-order chi connectivity index (χ0) is 17.8. The Morgan fingerprint density at radius 2 is 1.76 bits per heavy atom. The molecule has 1 aliphatic heterocycles. The van der Waals surface area contributed by atoms with Crippen molar-refractivity contribution in [1.29, 1.82) is 0 Å². The summed E-state index contributed by atoms with van der Waals surface area (Å²) < 4.78 is 0. The van der Waals surface area contributed by atoms with Gasteiger partial charge in [-0.3, -0.25) is 0 Å². The Morgan fingerprint density at radius 3 is 2.32 bits per heavy atom. The number of benzene rings is 1. The normalized spacial score (nSPS) is 14.7. The maximum Gasteiger partial charge on any atom is 0.321 e. The lowest BCUT2D eigenvalue weighted by Crippen LogP contribution is -2.50. The summed E-state index contributed by atoms with van der Waals surface area (Å²) in [6, 6.07) is 11.7. The number of anilines is 2. The quantitative estimate of drug-likeness (QED) is 0.893. The van der Waals surface area contributed by atoms with Crippen LogP contribution in [0.4, 0.5) is 16.3 Å². The Morgan fingerprint density at radius 1 is 1.08 bits per heavy atom. The van der Waals surface area contributed by atoms with Crippen LogP contribution in [0.1, 0.15) is 25.3 Å². The summed E-state index contributed by atoms with van der Waals surface area (Å²) in [5, 5.41) is 3.61. The molecule has 1 fully saturated rings. The van der Waals surface area contributed by atoms with Gasteiger partial charge in [-0.1, -0.05) is 37.6 Å². The summed E-state index contributed by atoms with van der Waals surface area (Å²) in [6.45, 7) is 7.16. The van der Waals surface area contributed by atoms with E-state index < -0.39 is 0 Å². The first-order valence-corrected chi connectivity index (χ1v) is 8.93. The van der Waals surface area contributed by atoms with E-state index in [2.05, 4.69) is 41.2 Å². The smallest absolute Gasteiger partial charge is 0.321 e. The van der Waals surface area contributed by atoms with Gasteiger partial charge in [-0.15, -0.1) is 0 Å². The first-order chi connectivity index (χ1) is 12.0. The number of pyridine rings is 1. The molecule has 1 saturated heterocycles. The van der Waals surface area contributed by atoms with Crippen LogP contribution in [0.3, 0.4) is 0 Å². The molecule has 3 rings (SSSR count). The molecule has 1 aliphatic rings. The van der Waals surface area contributed by atoms with Gasteiger partial charge in [0.2, 0.25) is 0 Å². The largest absolute Gasteiger partial charge is 0.353 e. The van der Waals surface area contributed by atoms with Crippen LogP contribution in [0.5, 0.6) is 0 Å². The lowest BCUT2D eigenvalue weighted by molar-refractivity contribution is 0.208. The molecule has 0 bridgehead atoms. The highest BCUT2D eigenvalue weighted by atomic mass is 35.5. The Hall–Kier alpha value is -2.27. The van der Waals surface area contributed by atoms with E-state index in [4.69, 9.17) is 11.6 Å². The molecule has 6 heteroatoms. The van der Waals surface area contributed by atoms with Crippen molar-refractivity contribution in [3.05, 3.63) is 53.2 Å². The van der Waals surface area contributed by atoms with Gasteiger partial charge in [0.25, 0.3) is 0 Å². The van der Waals surface area contributed by atoms with Crippen molar-refractivity contribution < 1.29 is 4.79 Å². The summed E-state index contributed by atoms with van der Waals surface area (Å²) >= 11 is 5.88. The van der Waals surface area contributed by atoms with E-state index in [9.17, 15) is 4.79 Å². The number of piperazine rings is 1. The van der Waals surface area contributed by atoms with Gasteiger partial charge in [-0.25, -0.2) is 9.78 Å². The number of urea groups is 1. The monoisotopic (exact) mass is 358 g/mol. The van der Waals surface area contributed by atoms with Crippen molar-refractivity contribution in [2.24, 2.45) is 0 Å². The number of nitrogens with zero attached hydrogens (tertiary/aromatic N) is 3. The van der Waals surface area contributed by atoms with Crippen LogP contribution in [0.2, 0.25) is 5.02 Å². The van der Waals surface area contributed by atoms with E-state index in [1.807, 2.05) is 29.2 Å².